The predicted octanol–water partition coefficient (Wildman–Crippen LogP) is 4.37. The molecule has 0 bridgehead atoms. The van der Waals surface area contributed by atoms with Gasteiger partial charge in [0.25, 0.3) is 0 Å². The third-order valence-corrected chi connectivity index (χ3v) is 3.13. The minimum absolute atomic E-state index is 0.711. The molecule has 88 valence electrons. The van der Waals surface area contributed by atoms with Crippen molar-refractivity contribution >= 4 is 11.6 Å². The quantitative estimate of drug-likeness (QED) is 0.558. The standard InChI is InChI=1S/C17H15N/c1-13-7-6-10-17(14(13)2)16(12-18)11-15-8-4-3-5-9-15/h3-11H,1-2H3. The van der Waals surface area contributed by atoms with Gasteiger partial charge in [0.1, 0.15) is 0 Å². The van der Waals surface area contributed by atoms with Crippen molar-refractivity contribution in [3.8, 4) is 6.07 Å². The molecule has 0 saturated heterocycles. The molecule has 0 N–H and O–H groups in total. The van der Waals surface area contributed by atoms with Gasteiger partial charge >= 0.3 is 0 Å². The average Bonchev–Trinajstić information content (AvgIpc) is 2.41. The van der Waals surface area contributed by atoms with E-state index < -0.39 is 0 Å². The van der Waals surface area contributed by atoms with E-state index in [1.54, 1.807) is 0 Å². The molecule has 0 unspecified atom stereocenters. The van der Waals surface area contributed by atoms with Crippen molar-refractivity contribution in [1.82, 2.24) is 0 Å². The maximum Gasteiger partial charge on any atom is 0.0998 e. The van der Waals surface area contributed by atoms with Gasteiger partial charge in [0.2, 0.25) is 0 Å². The topological polar surface area (TPSA) is 23.8 Å². The highest BCUT2D eigenvalue weighted by molar-refractivity contribution is 5.90. The second kappa shape index (κ2) is 5.33. The van der Waals surface area contributed by atoms with Crippen molar-refractivity contribution in [2.24, 2.45) is 0 Å². The number of aryl methyl sites for hydroxylation is 1. The van der Waals surface area contributed by atoms with Crippen LogP contribution >= 0.6 is 0 Å². The first-order valence-corrected chi connectivity index (χ1v) is 5.96. The molecule has 1 nitrogen and oxygen atoms in total. The fourth-order valence-corrected chi connectivity index (χ4v) is 1.93. The van der Waals surface area contributed by atoms with E-state index in [1.165, 1.54) is 11.1 Å². The number of benzene rings is 2. The van der Waals surface area contributed by atoms with Crippen LogP contribution in [0.5, 0.6) is 0 Å². The summed E-state index contributed by atoms with van der Waals surface area (Å²) in [5.74, 6) is 0. The van der Waals surface area contributed by atoms with Crippen molar-refractivity contribution in [3.63, 3.8) is 0 Å². The fraction of sp³-hybridized carbons (Fsp3) is 0.118. The summed E-state index contributed by atoms with van der Waals surface area (Å²) in [6.45, 7) is 4.12. The molecule has 0 aromatic heterocycles. The number of rotatable bonds is 2. The predicted molar refractivity (Wildman–Crippen MR) is 75.8 cm³/mol. The SMILES string of the molecule is Cc1cccc(C(C#N)=Cc2ccccc2)c1C. The zero-order chi connectivity index (χ0) is 13.0. The third kappa shape index (κ3) is 2.49. The summed E-state index contributed by atoms with van der Waals surface area (Å²) in [4.78, 5) is 0. The van der Waals surface area contributed by atoms with Crippen molar-refractivity contribution in [2.75, 3.05) is 0 Å². The summed E-state index contributed by atoms with van der Waals surface area (Å²) in [6.07, 6.45) is 1.93. The van der Waals surface area contributed by atoms with Crippen molar-refractivity contribution in [2.45, 2.75) is 13.8 Å². The van der Waals surface area contributed by atoms with Crippen molar-refractivity contribution in [3.05, 3.63) is 70.8 Å². The maximum absolute atomic E-state index is 9.34. The van der Waals surface area contributed by atoms with Gasteiger partial charge in [-0.05, 0) is 42.2 Å². The van der Waals surface area contributed by atoms with Gasteiger partial charge in [-0.2, -0.15) is 5.26 Å². The van der Waals surface area contributed by atoms with Gasteiger partial charge in [-0.1, -0.05) is 48.5 Å². The molecule has 2 rings (SSSR count). The van der Waals surface area contributed by atoms with E-state index in [2.05, 4.69) is 26.0 Å². The molecule has 18 heavy (non-hydrogen) atoms. The lowest BCUT2D eigenvalue weighted by Crippen LogP contribution is -1.90. The molecule has 0 heterocycles. The highest BCUT2D eigenvalue weighted by Crippen LogP contribution is 2.23. The summed E-state index contributed by atoms with van der Waals surface area (Å²) in [5, 5.41) is 9.34. The Morgan fingerprint density at radius 3 is 2.39 bits per heavy atom. The van der Waals surface area contributed by atoms with Gasteiger partial charge in [0, 0.05) is 0 Å². The van der Waals surface area contributed by atoms with Crippen molar-refractivity contribution in [1.29, 1.82) is 5.26 Å². The van der Waals surface area contributed by atoms with E-state index in [0.29, 0.717) is 5.57 Å². The molecule has 0 aliphatic carbocycles. The Labute approximate surface area is 108 Å². The van der Waals surface area contributed by atoms with Gasteiger partial charge in [-0.25, -0.2) is 0 Å². The van der Waals surface area contributed by atoms with Crippen LogP contribution in [0.2, 0.25) is 0 Å². The first-order chi connectivity index (χ1) is 8.72. The summed E-state index contributed by atoms with van der Waals surface area (Å²) in [7, 11) is 0. The van der Waals surface area contributed by atoms with E-state index >= 15 is 0 Å². The molecule has 0 atom stereocenters. The molecule has 0 radical (unpaired) electrons. The van der Waals surface area contributed by atoms with Crippen molar-refractivity contribution < 1.29 is 0 Å². The lowest BCUT2D eigenvalue weighted by Gasteiger charge is -2.07. The molecule has 0 fully saturated rings. The molecule has 0 saturated carbocycles. The maximum atomic E-state index is 9.34. The monoisotopic (exact) mass is 233 g/mol. The fourth-order valence-electron chi connectivity index (χ4n) is 1.93. The number of hydrogen-bond donors (Lipinski definition) is 0. The van der Waals surface area contributed by atoms with E-state index in [9.17, 15) is 5.26 Å². The lowest BCUT2D eigenvalue weighted by molar-refractivity contribution is 1.32. The molecule has 0 amide bonds. The zero-order valence-electron chi connectivity index (χ0n) is 10.6. The van der Waals surface area contributed by atoms with Gasteiger partial charge in [-0.15, -0.1) is 0 Å². The molecule has 0 spiro atoms. The Hall–Kier alpha value is -2.33. The minimum atomic E-state index is 0.711. The van der Waals surface area contributed by atoms with E-state index in [-0.39, 0.29) is 0 Å². The van der Waals surface area contributed by atoms with Gasteiger partial charge in [-0.3, -0.25) is 0 Å². The molecule has 2 aromatic carbocycles. The number of allylic oxidation sites excluding steroid dienone is 1. The summed E-state index contributed by atoms with van der Waals surface area (Å²) in [6, 6.07) is 18.3. The summed E-state index contributed by atoms with van der Waals surface area (Å²) < 4.78 is 0. The van der Waals surface area contributed by atoms with E-state index in [0.717, 1.165) is 11.1 Å². The van der Waals surface area contributed by atoms with Crippen LogP contribution in [0.15, 0.2) is 48.5 Å². The van der Waals surface area contributed by atoms with Crippen LogP contribution in [0.3, 0.4) is 0 Å². The lowest BCUT2D eigenvalue weighted by atomic mass is 9.96. The van der Waals surface area contributed by atoms with Gasteiger partial charge < -0.3 is 0 Å². The number of nitrogens with zero attached hydrogens (tertiary/aromatic N) is 1. The Morgan fingerprint density at radius 2 is 1.72 bits per heavy atom. The van der Waals surface area contributed by atoms with Crippen LogP contribution in [0.25, 0.3) is 11.6 Å². The third-order valence-electron chi connectivity index (χ3n) is 3.13. The molecular weight excluding hydrogens is 218 g/mol. The first-order valence-electron chi connectivity index (χ1n) is 5.96. The smallest absolute Gasteiger partial charge is 0.0998 e. The Kier molecular flexibility index (Phi) is 3.60. The molecule has 0 aliphatic heterocycles. The van der Waals surface area contributed by atoms with Crippen LogP contribution in [0.4, 0.5) is 0 Å². The molecular formula is C17H15N. The molecule has 1 heteroatoms. The average molecular weight is 233 g/mol. The largest absolute Gasteiger partial charge is 0.192 e. The highest BCUT2D eigenvalue weighted by Gasteiger charge is 2.05. The van der Waals surface area contributed by atoms with Crippen LogP contribution in [-0.4, -0.2) is 0 Å². The van der Waals surface area contributed by atoms with E-state index in [4.69, 9.17) is 0 Å². The summed E-state index contributed by atoms with van der Waals surface area (Å²) in [5.41, 5.74) is 5.15. The minimum Gasteiger partial charge on any atom is -0.192 e. The normalized spacial score (nSPS) is 11.1. The second-order valence-electron chi connectivity index (χ2n) is 4.33. The second-order valence-corrected chi connectivity index (χ2v) is 4.33. The molecule has 0 aliphatic rings. The van der Waals surface area contributed by atoms with Crippen LogP contribution in [0.1, 0.15) is 22.3 Å². The van der Waals surface area contributed by atoms with Crippen LogP contribution in [-0.2, 0) is 0 Å². The zero-order valence-corrected chi connectivity index (χ0v) is 10.6. The Bertz CT molecular complexity index is 616. The number of hydrogen-bond acceptors (Lipinski definition) is 1. The van der Waals surface area contributed by atoms with Crippen LogP contribution < -0.4 is 0 Å². The van der Waals surface area contributed by atoms with Crippen LogP contribution in [0, 0.1) is 25.2 Å². The number of nitriles is 1. The van der Waals surface area contributed by atoms with Gasteiger partial charge in [0.15, 0.2) is 0 Å². The summed E-state index contributed by atoms with van der Waals surface area (Å²) >= 11 is 0. The Morgan fingerprint density at radius 1 is 1.00 bits per heavy atom. The van der Waals surface area contributed by atoms with Gasteiger partial charge in [0.05, 0.1) is 11.6 Å². The molecule has 2 aromatic rings. The Balaban J connectivity index is 2.51. The highest BCUT2D eigenvalue weighted by atomic mass is 14.3. The first kappa shape index (κ1) is 12.1. The van der Waals surface area contributed by atoms with E-state index in [1.807, 2.05) is 48.5 Å².